The maximum absolute atomic E-state index is 14.4. The molecular formula is C24H20F6N4O3S. The van der Waals surface area contributed by atoms with E-state index in [0.717, 1.165) is 42.7 Å². The number of sulfonamides is 1. The van der Waals surface area contributed by atoms with Gasteiger partial charge in [-0.05, 0) is 43.3 Å². The Balaban J connectivity index is 1.54. The first kappa shape index (κ1) is 27.5. The number of hydrogen-bond donors (Lipinski definition) is 1. The fraction of sp³-hybridized carbons (Fsp3) is 0.292. The van der Waals surface area contributed by atoms with Gasteiger partial charge in [-0.1, -0.05) is 6.07 Å². The molecule has 0 saturated carbocycles. The molecule has 38 heavy (non-hydrogen) atoms. The van der Waals surface area contributed by atoms with Crippen LogP contribution in [0.4, 0.5) is 26.3 Å². The molecule has 1 amide bonds. The van der Waals surface area contributed by atoms with Gasteiger partial charge in [0.15, 0.2) is 0 Å². The third kappa shape index (κ3) is 5.36. The van der Waals surface area contributed by atoms with E-state index in [2.05, 4.69) is 15.3 Å². The van der Waals surface area contributed by atoms with Crippen molar-refractivity contribution < 1.29 is 39.6 Å². The summed E-state index contributed by atoms with van der Waals surface area (Å²) in [6.07, 6.45) is -5.10. The molecule has 0 spiro atoms. The number of nitrogens with zero attached hydrogens (tertiary/aromatic N) is 3. The van der Waals surface area contributed by atoms with Gasteiger partial charge >= 0.3 is 6.18 Å². The molecule has 3 aromatic rings. The highest BCUT2D eigenvalue weighted by Gasteiger charge is 2.53. The predicted molar refractivity (Wildman–Crippen MR) is 122 cm³/mol. The fourth-order valence-electron chi connectivity index (χ4n) is 4.16. The van der Waals surface area contributed by atoms with Gasteiger partial charge in [0.05, 0.1) is 23.3 Å². The molecule has 3 heterocycles. The van der Waals surface area contributed by atoms with Crippen LogP contribution in [0.15, 0.2) is 59.8 Å². The Morgan fingerprint density at radius 2 is 1.79 bits per heavy atom. The van der Waals surface area contributed by atoms with Crippen LogP contribution in [0.1, 0.15) is 24.7 Å². The minimum Gasteiger partial charge on any atom is -0.349 e. The zero-order valence-electron chi connectivity index (χ0n) is 19.6. The van der Waals surface area contributed by atoms with Crippen LogP contribution in [0.5, 0.6) is 0 Å². The largest absolute Gasteiger partial charge is 0.433 e. The second kappa shape index (κ2) is 9.98. The van der Waals surface area contributed by atoms with E-state index in [1.165, 1.54) is 13.0 Å². The van der Waals surface area contributed by atoms with Crippen LogP contribution in [-0.2, 0) is 27.5 Å². The molecule has 1 aliphatic heterocycles. The van der Waals surface area contributed by atoms with Crippen molar-refractivity contribution in [2.45, 2.75) is 42.7 Å². The molecule has 2 aromatic heterocycles. The van der Waals surface area contributed by atoms with Crippen molar-refractivity contribution in [3.63, 3.8) is 0 Å². The Hall–Kier alpha value is -3.52. The summed E-state index contributed by atoms with van der Waals surface area (Å²) >= 11 is 0. The van der Waals surface area contributed by atoms with Gasteiger partial charge in [-0.2, -0.15) is 17.5 Å². The quantitative estimate of drug-likeness (QED) is 0.457. The van der Waals surface area contributed by atoms with Crippen LogP contribution >= 0.6 is 0 Å². The summed E-state index contributed by atoms with van der Waals surface area (Å²) in [4.78, 5) is 20.0. The first-order valence-electron chi connectivity index (χ1n) is 11.1. The van der Waals surface area contributed by atoms with Crippen LogP contribution in [0.25, 0.3) is 11.1 Å². The zero-order chi connectivity index (χ0) is 27.9. The van der Waals surface area contributed by atoms with Crippen LogP contribution in [0.3, 0.4) is 0 Å². The Morgan fingerprint density at radius 1 is 1.11 bits per heavy atom. The zero-order valence-corrected chi connectivity index (χ0v) is 20.5. The van der Waals surface area contributed by atoms with Crippen molar-refractivity contribution >= 4 is 15.9 Å². The molecule has 1 aliphatic rings. The Bertz CT molecular complexity index is 1450. The summed E-state index contributed by atoms with van der Waals surface area (Å²) in [5.74, 6) is -2.37. The van der Waals surface area contributed by atoms with Crippen LogP contribution in [-0.4, -0.2) is 46.9 Å². The highest BCUT2D eigenvalue weighted by molar-refractivity contribution is 7.89. The monoisotopic (exact) mass is 558 g/mol. The minimum atomic E-state index is -4.67. The van der Waals surface area contributed by atoms with Gasteiger partial charge in [-0.25, -0.2) is 21.6 Å². The number of carbonyl (C=O) groups excluding carboxylic acids is 1. The van der Waals surface area contributed by atoms with E-state index >= 15 is 0 Å². The third-order valence-corrected chi connectivity index (χ3v) is 8.13. The Morgan fingerprint density at radius 3 is 2.39 bits per heavy atom. The molecule has 7 nitrogen and oxygen atoms in total. The van der Waals surface area contributed by atoms with Crippen LogP contribution < -0.4 is 5.32 Å². The maximum Gasteiger partial charge on any atom is 0.433 e. The summed E-state index contributed by atoms with van der Waals surface area (Å²) in [6, 6.07) is 6.80. The molecule has 1 saturated heterocycles. The molecule has 1 fully saturated rings. The van der Waals surface area contributed by atoms with Gasteiger partial charge in [0.25, 0.3) is 0 Å². The molecule has 0 unspecified atom stereocenters. The second-order valence-corrected chi connectivity index (χ2v) is 10.7. The molecular weight excluding hydrogens is 538 g/mol. The van der Waals surface area contributed by atoms with Gasteiger partial charge in [0, 0.05) is 30.3 Å². The number of hydrogen-bond acceptors (Lipinski definition) is 5. The first-order chi connectivity index (χ1) is 17.7. The van der Waals surface area contributed by atoms with E-state index in [1.807, 2.05) is 0 Å². The van der Waals surface area contributed by atoms with E-state index < -0.39 is 64.1 Å². The minimum absolute atomic E-state index is 0.0325. The van der Waals surface area contributed by atoms with Crippen molar-refractivity contribution in [3.05, 3.63) is 77.9 Å². The van der Waals surface area contributed by atoms with Crippen molar-refractivity contribution in [3.8, 4) is 11.1 Å². The van der Waals surface area contributed by atoms with Gasteiger partial charge in [0.1, 0.15) is 29.0 Å². The van der Waals surface area contributed by atoms with Gasteiger partial charge in [0.2, 0.25) is 15.9 Å². The number of rotatable bonds is 6. The number of alkyl halides is 4. The molecule has 0 aliphatic carbocycles. The number of carbonyl (C=O) groups is 1. The lowest BCUT2D eigenvalue weighted by atomic mass is 9.98. The molecule has 202 valence electrons. The van der Waals surface area contributed by atoms with Gasteiger partial charge < -0.3 is 5.32 Å². The average molecular weight is 559 g/mol. The van der Waals surface area contributed by atoms with Crippen LogP contribution in [0.2, 0.25) is 0 Å². The number of halogens is 6. The van der Waals surface area contributed by atoms with E-state index in [0.29, 0.717) is 10.4 Å². The Labute approximate surface area is 213 Å². The second-order valence-electron chi connectivity index (χ2n) is 8.83. The molecule has 0 radical (unpaired) electrons. The number of pyridine rings is 2. The standard InChI is InChI=1S/C24H20F6N4O3S/c1-23(9-16(26)13-34(23)38(36,37)18-5-3-15(25)4-6-18)22(35)33-11-17-8-19(20(27)12-31-17)14-2-7-21(32-10-14)24(28,29)30/h2-8,10,12,16H,9,11,13H2,1H3,(H,33,35)/t16-,23+/m1/s1. The lowest BCUT2D eigenvalue weighted by Crippen LogP contribution is -2.55. The smallest absolute Gasteiger partial charge is 0.349 e. The highest BCUT2D eigenvalue weighted by atomic mass is 32.2. The molecule has 2 atom stereocenters. The van der Waals surface area contributed by atoms with Crippen molar-refractivity contribution in [2.75, 3.05) is 6.54 Å². The molecule has 0 bridgehead atoms. The average Bonchev–Trinajstić information content (AvgIpc) is 3.19. The van der Waals surface area contributed by atoms with Crippen molar-refractivity contribution in [1.29, 1.82) is 0 Å². The molecule has 1 N–H and O–H groups in total. The van der Waals surface area contributed by atoms with E-state index in [4.69, 9.17) is 0 Å². The summed E-state index contributed by atoms with van der Waals surface area (Å²) in [5, 5.41) is 2.47. The topological polar surface area (TPSA) is 92.3 Å². The molecule has 14 heteroatoms. The molecule has 4 rings (SSSR count). The molecule has 1 aromatic carbocycles. The Kier molecular flexibility index (Phi) is 7.23. The predicted octanol–water partition coefficient (Wildman–Crippen LogP) is 4.25. The van der Waals surface area contributed by atoms with E-state index in [-0.39, 0.29) is 28.3 Å². The van der Waals surface area contributed by atoms with Crippen molar-refractivity contribution in [2.24, 2.45) is 0 Å². The summed E-state index contributed by atoms with van der Waals surface area (Å²) < 4.78 is 107. The van der Waals surface area contributed by atoms with E-state index in [1.54, 1.807) is 0 Å². The number of benzene rings is 1. The van der Waals surface area contributed by atoms with Crippen LogP contribution in [0, 0.1) is 11.6 Å². The van der Waals surface area contributed by atoms with Gasteiger partial charge in [-0.15, -0.1) is 0 Å². The third-order valence-electron chi connectivity index (χ3n) is 6.13. The lowest BCUT2D eigenvalue weighted by molar-refractivity contribution is -0.141. The number of amides is 1. The SMILES string of the molecule is C[C@@]1(C(=O)NCc2cc(-c3ccc(C(F)(F)F)nc3)c(F)cn2)C[C@@H](F)CN1S(=O)(=O)c1ccc(F)cc1. The normalized spacial score (nSPS) is 20.4. The highest BCUT2D eigenvalue weighted by Crippen LogP contribution is 2.36. The number of nitrogens with one attached hydrogen (secondary N) is 1. The summed E-state index contributed by atoms with van der Waals surface area (Å²) in [7, 11) is -4.37. The first-order valence-corrected chi connectivity index (χ1v) is 12.5. The van der Waals surface area contributed by atoms with Crippen molar-refractivity contribution in [1.82, 2.24) is 19.6 Å². The summed E-state index contributed by atoms with van der Waals surface area (Å²) in [6.45, 7) is 0.334. The summed E-state index contributed by atoms with van der Waals surface area (Å²) in [5.41, 5.74) is -2.99. The van der Waals surface area contributed by atoms with Gasteiger partial charge in [-0.3, -0.25) is 14.8 Å². The lowest BCUT2D eigenvalue weighted by Gasteiger charge is -2.32. The maximum atomic E-state index is 14.4. The number of aromatic nitrogens is 2. The fourth-order valence-corrected chi connectivity index (χ4v) is 5.94. The van der Waals surface area contributed by atoms with E-state index in [9.17, 15) is 39.6 Å².